The van der Waals surface area contributed by atoms with Gasteiger partial charge in [-0.05, 0) is 63.9 Å². The van der Waals surface area contributed by atoms with E-state index < -0.39 is 22.3 Å². The number of imide groups is 1. The molecule has 3 rings (SSSR count). The Bertz CT molecular complexity index is 1180. The fraction of sp³-hybridized carbons (Fsp3) is 0.400. The number of carbonyl (C=O) groups is 3. The molecule has 1 aliphatic heterocycles. The van der Waals surface area contributed by atoms with E-state index in [9.17, 15) is 18.6 Å². The number of anilines is 2. The van der Waals surface area contributed by atoms with Gasteiger partial charge in [-0.25, -0.2) is 4.79 Å². The number of carbonyl (C=O) groups excluding carboxylic acids is 3. The third kappa shape index (κ3) is 7.05. The van der Waals surface area contributed by atoms with Gasteiger partial charge in [0.05, 0.1) is 11.1 Å². The highest BCUT2D eigenvalue weighted by Crippen LogP contribution is 2.24. The van der Waals surface area contributed by atoms with E-state index in [0.29, 0.717) is 41.9 Å². The van der Waals surface area contributed by atoms with Gasteiger partial charge in [0.2, 0.25) is 0 Å². The molecular formula is C25H31N4O5S-. The minimum Gasteiger partial charge on any atom is -0.444 e. The molecule has 2 aromatic carbocycles. The molecule has 10 heteroatoms. The van der Waals surface area contributed by atoms with Crippen LogP contribution in [0, 0.1) is 0 Å². The van der Waals surface area contributed by atoms with Crippen LogP contribution in [0.25, 0.3) is 0 Å². The Morgan fingerprint density at radius 3 is 2.31 bits per heavy atom. The summed E-state index contributed by atoms with van der Waals surface area (Å²) in [5, 5.41) is 0. The van der Waals surface area contributed by atoms with E-state index in [4.69, 9.17) is 10.5 Å². The second-order valence-corrected chi connectivity index (χ2v) is 10.5. The third-order valence-corrected chi connectivity index (χ3v) is 6.24. The zero-order chi connectivity index (χ0) is 25.8. The van der Waals surface area contributed by atoms with Crippen LogP contribution < -0.4 is 10.6 Å². The van der Waals surface area contributed by atoms with E-state index in [0.717, 1.165) is 12.1 Å². The molecule has 0 saturated heterocycles. The van der Waals surface area contributed by atoms with Gasteiger partial charge in [-0.2, -0.15) is 10.6 Å². The van der Waals surface area contributed by atoms with Gasteiger partial charge < -0.3 is 19.6 Å². The van der Waals surface area contributed by atoms with Crippen molar-refractivity contribution in [1.29, 1.82) is 0 Å². The fourth-order valence-electron chi connectivity index (χ4n) is 3.73. The molecule has 188 valence electrons. The van der Waals surface area contributed by atoms with E-state index in [1.807, 2.05) is 24.1 Å². The predicted molar refractivity (Wildman–Crippen MR) is 136 cm³/mol. The molecular weight excluding hydrogens is 468 g/mol. The average Bonchev–Trinajstić information content (AvgIpc) is 2.99. The lowest BCUT2D eigenvalue weighted by atomic mass is 10.1. The lowest BCUT2D eigenvalue weighted by Crippen LogP contribution is -2.31. The smallest absolute Gasteiger partial charge is 0.410 e. The van der Waals surface area contributed by atoms with Crippen LogP contribution in [0.4, 0.5) is 16.2 Å². The Labute approximate surface area is 207 Å². The minimum absolute atomic E-state index is 0.0326. The number of rotatable bonds is 8. The monoisotopic (exact) mass is 499 g/mol. The minimum atomic E-state index is -1.79. The molecule has 1 heterocycles. The van der Waals surface area contributed by atoms with E-state index in [1.165, 1.54) is 4.90 Å². The first-order valence-corrected chi connectivity index (χ1v) is 12.6. The van der Waals surface area contributed by atoms with Crippen molar-refractivity contribution in [3.63, 3.8) is 0 Å². The van der Waals surface area contributed by atoms with Crippen molar-refractivity contribution in [3.8, 4) is 0 Å². The molecule has 35 heavy (non-hydrogen) atoms. The lowest BCUT2D eigenvalue weighted by Gasteiger charge is -2.22. The quantitative estimate of drug-likeness (QED) is 0.248. The molecule has 0 unspecified atom stereocenters. The zero-order valence-electron chi connectivity index (χ0n) is 20.4. The summed E-state index contributed by atoms with van der Waals surface area (Å²) in [6.07, 6.45) is 0.535. The van der Waals surface area contributed by atoms with E-state index in [1.54, 1.807) is 51.1 Å². The van der Waals surface area contributed by atoms with Crippen LogP contribution in [-0.4, -0.2) is 48.5 Å². The van der Waals surface area contributed by atoms with Crippen LogP contribution in [0.1, 0.15) is 59.9 Å². The molecule has 2 aromatic rings. The summed E-state index contributed by atoms with van der Waals surface area (Å²) >= 11 is 0. The second-order valence-electron chi connectivity index (χ2n) is 9.41. The second kappa shape index (κ2) is 10.9. The highest BCUT2D eigenvalue weighted by atomic mass is 32.2. The molecule has 0 aliphatic carbocycles. The molecule has 0 spiro atoms. The van der Waals surface area contributed by atoms with E-state index in [2.05, 4.69) is 4.36 Å². The topological polar surface area (TPSA) is 122 Å². The number of nitrogens with two attached hydrogens (primary N) is 1. The molecule has 1 aliphatic rings. The summed E-state index contributed by atoms with van der Waals surface area (Å²) in [6.45, 7) is 6.15. The number of amides is 3. The van der Waals surface area contributed by atoms with Crippen LogP contribution in [0.2, 0.25) is 0 Å². The van der Waals surface area contributed by atoms with Crippen molar-refractivity contribution in [1.82, 2.24) is 4.90 Å². The van der Waals surface area contributed by atoms with Gasteiger partial charge in [-0.15, -0.1) is 0 Å². The molecule has 9 nitrogen and oxygen atoms in total. The molecule has 2 N–H and O–H groups in total. The number of hydrogen-bond acceptors (Lipinski definition) is 8. The third-order valence-electron chi connectivity index (χ3n) is 5.30. The first-order chi connectivity index (χ1) is 16.4. The van der Waals surface area contributed by atoms with Crippen LogP contribution in [0.15, 0.2) is 46.8 Å². The molecule has 3 amide bonds. The summed E-state index contributed by atoms with van der Waals surface area (Å²) in [5.74, 6) is -0.460. The van der Waals surface area contributed by atoms with Gasteiger partial charge in [0.1, 0.15) is 5.60 Å². The molecule has 0 bridgehead atoms. The van der Waals surface area contributed by atoms with Gasteiger partial charge in [-0.3, -0.25) is 18.9 Å². The lowest BCUT2D eigenvalue weighted by molar-refractivity contribution is 0.0604. The number of ether oxygens (including phenoxy) is 1. The Kier molecular flexibility index (Phi) is 8.16. The van der Waals surface area contributed by atoms with E-state index >= 15 is 0 Å². The number of benzene rings is 2. The summed E-state index contributed by atoms with van der Waals surface area (Å²) in [4.78, 5) is 40.0. The predicted octanol–water partition coefficient (Wildman–Crippen LogP) is 4.36. The maximum atomic E-state index is 12.5. The molecule has 0 fully saturated rings. The Hall–Kier alpha value is -3.40. The van der Waals surface area contributed by atoms with Gasteiger partial charge >= 0.3 is 6.09 Å². The maximum Gasteiger partial charge on any atom is 0.410 e. The Morgan fingerprint density at radius 2 is 1.71 bits per heavy atom. The number of nitrogen functional groups attached to an aromatic ring is 1. The first kappa shape index (κ1) is 26.2. The Morgan fingerprint density at radius 1 is 1.09 bits per heavy atom. The standard InChI is InChI=1S/C25H31N4O5S/c1-25(2,3)34-24(32)27-35(33)16-17-13-18(26)15-19(14-17)28(4)11-7-8-12-29-22(30)20-9-5-6-10-21(20)23(29)31/h5-6,9-10,13-15H,7-8,11-12,16,26H2,1-4H3/q-1. The van der Waals surface area contributed by atoms with Crippen molar-refractivity contribution >= 4 is 39.9 Å². The summed E-state index contributed by atoms with van der Waals surface area (Å²) in [7, 11) is 0.115. The number of unbranched alkanes of at least 4 members (excludes halogenated alkanes) is 1. The molecule has 0 radical (unpaired) electrons. The largest absolute Gasteiger partial charge is 0.444 e. The highest BCUT2D eigenvalue weighted by molar-refractivity contribution is 7.74. The van der Waals surface area contributed by atoms with Crippen LogP contribution in [-0.2, 0) is 25.3 Å². The normalized spacial score (nSPS) is 14.2. The molecule has 0 saturated carbocycles. The highest BCUT2D eigenvalue weighted by Gasteiger charge is 2.34. The summed E-state index contributed by atoms with van der Waals surface area (Å²) in [6, 6.07) is 12.2. The average molecular weight is 500 g/mol. The maximum absolute atomic E-state index is 12.5. The Balaban J connectivity index is 1.54. The van der Waals surface area contributed by atoms with Crippen molar-refractivity contribution in [2.45, 2.75) is 45.0 Å². The van der Waals surface area contributed by atoms with Crippen LogP contribution in [0.3, 0.4) is 0 Å². The van der Waals surface area contributed by atoms with Gasteiger partial charge in [0.25, 0.3) is 11.8 Å². The summed E-state index contributed by atoms with van der Waals surface area (Å²) < 4.78 is 21.0. The van der Waals surface area contributed by atoms with Crippen LogP contribution >= 0.6 is 0 Å². The van der Waals surface area contributed by atoms with Gasteiger partial charge in [0, 0.05) is 31.5 Å². The van der Waals surface area contributed by atoms with Gasteiger partial charge in [0.15, 0.2) is 0 Å². The van der Waals surface area contributed by atoms with Crippen molar-refractivity contribution in [2.75, 3.05) is 30.8 Å². The first-order valence-electron chi connectivity index (χ1n) is 11.3. The zero-order valence-corrected chi connectivity index (χ0v) is 21.3. The number of nitrogens with zero attached hydrogens (tertiary/aromatic N) is 3. The van der Waals surface area contributed by atoms with Gasteiger partial charge in [-0.1, -0.05) is 23.4 Å². The van der Waals surface area contributed by atoms with E-state index in [-0.39, 0.29) is 17.6 Å². The number of hydrogen-bond donors (Lipinski definition) is 1. The van der Waals surface area contributed by atoms with Crippen molar-refractivity contribution in [2.24, 2.45) is 4.36 Å². The molecule has 0 aromatic heterocycles. The number of fused-ring (bicyclic) bond motifs is 1. The molecule has 0 atom stereocenters. The van der Waals surface area contributed by atoms with Crippen LogP contribution in [0.5, 0.6) is 0 Å². The van der Waals surface area contributed by atoms with Crippen molar-refractivity contribution in [3.05, 3.63) is 59.2 Å². The fourth-order valence-corrected chi connectivity index (χ4v) is 4.45. The SMILES string of the molecule is CN(CCCCN1C(=O)c2ccccc2C1=O)c1cc(N)cc(C[S-](=O)=NC(=O)OC(C)(C)C)c1. The summed E-state index contributed by atoms with van der Waals surface area (Å²) in [5.41, 5.74) is 8.26. The van der Waals surface area contributed by atoms with Crippen molar-refractivity contribution < 1.29 is 23.3 Å².